The number of aromatic nitrogens is 3. The molecule has 0 saturated carbocycles. The summed E-state index contributed by atoms with van der Waals surface area (Å²) in [6.45, 7) is -0.179. The number of amides is 1. The molecule has 0 bridgehead atoms. The van der Waals surface area contributed by atoms with Gasteiger partial charge in [-0.2, -0.15) is 13.2 Å². The van der Waals surface area contributed by atoms with Crippen molar-refractivity contribution in [3.8, 4) is 5.69 Å². The monoisotopic (exact) mass is 488 g/mol. The summed E-state index contributed by atoms with van der Waals surface area (Å²) in [5.74, 6) is -2.40. The number of alkyl halides is 3. The first-order chi connectivity index (χ1) is 15.2. The lowest BCUT2D eigenvalue weighted by atomic mass is 10.1. The second-order valence-electron chi connectivity index (χ2n) is 6.73. The van der Waals surface area contributed by atoms with Gasteiger partial charge in [-0.05, 0) is 24.3 Å². The molecule has 0 aliphatic heterocycles. The molecule has 0 radical (unpaired) electrons. The number of rotatable bonds is 5. The third-order valence-electron chi connectivity index (χ3n) is 4.29. The van der Waals surface area contributed by atoms with Crippen molar-refractivity contribution in [1.29, 1.82) is 0 Å². The number of hydrogen-bond donors (Lipinski definition) is 1. The molecule has 1 aromatic carbocycles. The number of carbonyl (C=O) groups excluding carboxylic acids is 2. The van der Waals surface area contributed by atoms with Crippen molar-refractivity contribution in [3.05, 3.63) is 63.1 Å². The van der Waals surface area contributed by atoms with Crippen LogP contribution in [0.5, 0.6) is 0 Å². The number of benzene rings is 1. The van der Waals surface area contributed by atoms with Crippen molar-refractivity contribution >= 4 is 32.8 Å². The first kappa shape index (κ1) is 23.8. The summed E-state index contributed by atoms with van der Waals surface area (Å²) in [5.41, 5.74) is -5.09. The Kier molecular flexibility index (Phi) is 5.93. The van der Waals surface area contributed by atoms with Crippen LogP contribution in [0, 0.1) is 0 Å². The fraction of sp³-hybridized carbons (Fsp3) is 0.222. The van der Waals surface area contributed by atoms with E-state index < -0.39 is 68.1 Å². The first-order valence-electron chi connectivity index (χ1n) is 8.92. The summed E-state index contributed by atoms with van der Waals surface area (Å²) in [4.78, 5) is 50.9. The van der Waals surface area contributed by atoms with E-state index in [4.69, 9.17) is 0 Å². The van der Waals surface area contributed by atoms with E-state index in [0.29, 0.717) is 12.3 Å². The van der Waals surface area contributed by atoms with Crippen molar-refractivity contribution < 1.29 is 35.9 Å². The highest BCUT2D eigenvalue weighted by Crippen LogP contribution is 2.35. The number of carbonyl (C=O) groups is 2. The van der Waals surface area contributed by atoms with Crippen LogP contribution in [0.15, 0.2) is 46.2 Å². The number of nitrogens with zero attached hydrogens (tertiary/aromatic N) is 3. The van der Waals surface area contributed by atoms with Crippen LogP contribution < -0.4 is 15.7 Å². The van der Waals surface area contributed by atoms with Crippen LogP contribution in [0.2, 0.25) is 0 Å². The lowest BCUT2D eigenvalue weighted by Gasteiger charge is -2.21. The van der Waals surface area contributed by atoms with Crippen LogP contribution in [-0.2, 0) is 30.5 Å². The van der Waals surface area contributed by atoms with Crippen molar-refractivity contribution in [2.24, 2.45) is 0 Å². The van der Waals surface area contributed by atoms with E-state index in [9.17, 15) is 40.8 Å². The predicted octanol–water partition coefficient (Wildman–Crippen LogP) is 0.487. The summed E-state index contributed by atoms with van der Waals surface area (Å²) in [5, 5.41) is -0.514. The minimum atomic E-state index is -4.86. The fourth-order valence-electron chi connectivity index (χ4n) is 3.01. The molecule has 2 aromatic heterocycles. The van der Waals surface area contributed by atoms with Gasteiger partial charge in [-0.1, -0.05) is 0 Å². The highest BCUT2D eigenvalue weighted by atomic mass is 32.2. The Morgan fingerprint density at radius 1 is 1.15 bits per heavy atom. The molecule has 3 aromatic rings. The summed E-state index contributed by atoms with van der Waals surface area (Å²) in [6, 6.07) is 4.22. The predicted molar refractivity (Wildman–Crippen MR) is 108 cm³/mol. The molecule has 176 valence electrons. The summed E-state index contributed by atoms with van der Waals surface area (Å²) in [6.07, 6.45) is -1.79. The SMILES string of the molecule is CC(=O)OCC(=O)N(n1c(=O)[nH]c2cc(C(F)(F)F)c(-n3cccc3)cc2c1=O)S(C)(=O)=O. The van der Waals surface area contributed by atoms with Crippen LogP contribution in [-0.4, -0.2) is 47.4 Å². The molecular formula is C18H15F3N4O7S. The molecule has 2 heterocycles. The normalized spacial score (nSPS) is 12.0. The average molecular weight is 488 g/mol. The van der Waals surface area contributed by atoms with Crippen molar-refractivity contribution in [1.82, 2.24) is 14.2 Å². The van der Waals surface area contributed by atoms with Gasteiger partial charge in [0, 0.05) is 19.3 Å². The van der Waals surface area contributed by atoms with Gasteiger partial charge < -0.3 is 14.3 Å². The largest absolute Gasteiger partial charge is 0.456 e. The average Bonchev–Trinajstić information content (AvgIpc) is 3.21. The number of H-pyrrole nitrogens is 1. The molecular weight excluding hydrogens is 473 g/mol. The van der Waals surface area contributed by atoms with Gasteiger partial charge in [0.15, 0.2) is 6.61 Å². The zero-order chi connectivity index (χ0) is 24.7. The van der Waals surface area contributed by atoms with Gasteiger partial charge in [-0.15, -0.1) is 9.09 Å². The lowest BCUT2D eigenvalue weighted by Crippen LogP contribution is -2.56. The number of halogens is 3. The van der Waals surface area contributed by atoms with Gasteiger partial charge in [0.05, 0.1) is 28.4 Å². The first-order valence-corrected chi connectivity index (χ1v) is 10.8. The van der Waals surface area contributed by atoms with Crippen LogP contribution >= 0.6 is 0 Å². The number of hydrogen-bond acceptors (Lipinski definition) is 7. The topological polar surface area (TPSA) is 141 Å². The standard InChI is InChI=1S/C18H15F3N4O7S/c1-10(26)32-9-15(27)25(33(2,30)31)24-16(28)11-7-14(23-5-3-4-6-23)12(18(19,20)21)8-13(11)22-17(24)29/h3-8H,9H2,1-2H3,(H,22,29). The third-order valence-corrected chi connectivity index (χ3v) is 5.28. The summed E-state index contributed by atoms with van der Waals surface area (Å²) < 4.78 is 70.5. The molecule has 0 unspecified atom stereocenters. The smallest absolute Gasteiger partial charge is 0.418 e. The van der Waals surface area contributed by atoms with Crippen molar-refractivity contribution in [2.45, 2.75) is 13.1 Å². The molecule has 0 saturated heterocycles. The molecule has 33 heavy (non-hydrogen) atoms. The maximum atomic E-state index is 13.6. The van der Waals surface area contributed by atoms with Gasteiger partial charge >= 0.3 is 17.8 Å². The molecule has 0 aliphatic carbocycles. The Hall–Kier alpha value is -3.88. The van der Waals surface area contributed by atoms with E-state index in [0.717, 1.165) is 17.6 Å². The fourth-order valence-corrected chi connectivity index (χ4v) is 3.87. The van der Waals surface area contributed by atoms with E-state index in [1.165, 1.54) is 24.5 Å². The highest BCUT2D eigenvalue weighted by Gasteiger charge is 2.36. The molecule has 11 nitrogen and oxygen atoms in total. The Bertz CT molecular complexity index is 1470. The molecule has 1 N–H and O–H groups in total. The molecule has 0 fully saturated rings. The molecule has 1 amide bonds. The maximum Gasteiger partial charge on any atom is 0.418 e. The molecule has 0 aliphatic rings. The number of sulfonamides is 1. The van der Waals surface area contributed by atoms with Crippen molar-refractivity contribution in [3.63, 3.8) is 0 Å². The Balaban J connectivity index is 2.34. The molecule has 3 rings (SSSR count). The Labute approximate surface area is 182 Å². The number of fused-ring (bicyclic) bond motifs is 1. The van der Waals surface area contributed by atoms with Gasteiger partial charge in [0.1, 0.15) is 0 Å². The highest BCUT2D eigenvalue weighted by molar-refractivity contribution is 7.92. The zero-order valence-corrected chi connectivity index (χ0v) is 17.7. The number of ether oxygens (including phenoxy) is 1. The number of aromatic amines is 1. The van der Waals surface area contributed by atoms with Gasteiger partial charge in [0.2, 0.25) is 0 Å². The van der Waals surface area contributed by atoms with Crippen LogP contribution in [0.3, 0.4) is 0 Å². The Morgan fingerprint density at radius 3 is 2.27 bits per heavy atom. The minimum Gasteiger partial charge on any atom is -0.456 e. The van der Waals surface area contributed by atoms with E-state index in [1.54, 1.807) is 0 Å². The van der Waals surface area contributed by atoms with Crippen LogP contribution in [0.25, 0.3) is 16.6 Å². The maximum absolute atomic E-state index is 13.6. The van der Waals surface area contributed by atoms with Gasteiger partial charge in [-0.3, -0.25) is 14.4 Å². The number of esters is 1. The van der Waals surface area contributed by atoms with E-state index in [1.807, 2.05) is 4.98 Å². The third kappa shape index (κ3) is 4.67. The Morgan fingerprint density at radius 2 is 1.76 bits per heavy atom. The van der Waals surface area contributed by atoms with Gasteiger partial charge in [-0.25, -0.2) is 13.2 Å². The van der Waals surface area contributed by atoms with E-state index in [-0.39, 0.29) is 9.09 Å². The molecule has 0 spiro atoms. The quantitative estimate of drug-likeness (QED) is 0.516. The second-order valence-corrected chi connectivity index (χ2v) is 8.54. The van der Waals surface area contributed by atoms with Crippen molar-refractivity contribution in [2.75, 3.05) is 17.3 Å². The summed E-state index contributed by atoms with van der Waals surface area (Å²) >= 11 is 0. The van der Waals surface area contributed by atoms with Crippen LogP contribution in [0.4, 0.5) is 13.2 Å². The van der Waals surface area contributed by atoms with Gasteiger partial charge in [0.25, 0.3) is 21.5 Å². The zero-order valence-electron chi connectivity index (χ0n) is 16.9. The second kappa shape index (κ2) is 8.23. The van der Waals surface area contributed by atoms with Crippen LogP contribution in [0.1, 0.15) is 12.5 Å². The summed E-state index contributed by atoms with van der Waals surface area (Å²) in [7, 11) is -4.61. The van der Waals surface area contributed by atoms with E-state index >= 15 is 0 Å². The number of nitrogens with one attached hydrogen (secondary N) is 1. The molecule has 15 heteroatoms. The van der Waals surface area contributed by atoms with E-state index in [2.05, 4.69) is 4.74 Å². The molecule has 0 atom stereocenters. The lowest BCUT2D eigenvalue weighted by molar-refractivity contribution is -0.145. The minimum absolute atomic E-state index is 0.0871.